The lowest BCUT2D eigenvalue weighted by atomic mass is 10.0. The first-order valence-corrected chi connectivity index (χ1v) is 8.36. The fourth-order valence-electron chi connectivity index (χ4n) is 2.53. The Labute approximate surface area is 147 Å². The van der Waals surface area contributed by atoms with Crippen molar-refractivity contribution in [1.29, 1.82) is 0 Å². The molecule has 25 heavy (non-hydrogen) atoms. The maximum absolute atomic E-state index is 12.4. The SMILES string of the molecule is CCOc1ccc(C(=O)CCC(=O)N(C)C(C)c2ccon2)cc1C. The monoisotopic (exact) mass is 344 g/mol. The number of Topliss-reactive ketones (excluding diaryl/α,β-unsaturated/α-hetero) is 1. The molecule has 134 valence electrons. The van der Waals surface area contributed by atoms with Crippen molar-refractivity contribution in [2.45, 2.75) is 39.7 Å². The van der Waals surface area contributed by atoms with E-state index in [-0.39, 0.29) is 30.6 Å². The Hall–Kier alpha value is -2.63. The maximum atomic E-state index is 12.4. The summed E-state index contributed by atoms with van der Waals surface area (Å²) >= 11 is 0. The summed E-state index contributed by atoms with van der Waals surface area (Å²) in [7, 11) is 1.70. The van der Waals surface area contributed by atoms with E-state index in [1.807, 2.05) is 20.8 Å². The van der Waals surface area contributed by atoms with Gasteiger partial charge in [-0.05, 0) is 44.5 Å². The van der Waals surface area contributed by atoms with Crippen molar-refractivity contribution < 1.29 is 18.8 Å². The molecule has 2 rings (SSSR count). The molecule has 1 aromatic carbocycles. The van der Waals surface area contributed by atoms with Gasteiger partial charge in [0.1, 0.15) is 17.7 Å². The van der Waals surface area contributed by atoms with Gasteiger partial charge in [0.05, 0.1) is 12.6 Å². The second-order valence-electron chi connectivity index (χ2n) is 5.94. The van der Waals surface area contributed by atoms with Crippen molar-refractivity contribution >= 4 is 11.7 Å². The molecule has 0 saturated heterocycles. The number of carbonyl (C=O) groups excluding carboxylic acids is 2. The van der Waals surface area contributed by atoms with Gasteiger partial charge in [-0.15, -0.1) is 0 Å². The molecule has 2 aromatic rings. The van der Waals surface area contributed by atoms with Crippen LogP contribution in [0.2, 0.25) is 0 Å². The van der Waals surface area contributed by atoms with Crippen molar-refractivity contribution in [1.82, 2.24) is 10.1 Å². The fourth-order valence-corrected chi connectivity index (χ4v) is 2.53. The number of aromatic nitrogens is 1. The largest absolute Gasteiger partial charge is 0.494 e. The summed E-state index contributed by atoms with van der Waals surface area (Å²) in [6, 6.07) is 6.87. The van der Waals surface area contributed by atoms with Crippen LogP contribution in [0.5, 0.6) is 5.75 Å². The van der Waals surface area contributed by atoms with Crippen LogP contribution in [0, 0.1) is 6.92 Å². The molecule has 0 fully saturated rings. The number of rotatable bonds is 8. The predicted octanol–water partition coefficient (Wildman–Crippen LogP) is 3.56. The van der Waals surface area contributed by atoms with Gasteiger partial charge >= 0.3 is 0 Å². The third-order valence-electron chi connectivity index (χ3n) is 4.22. The van der Waals surface area contributed by atoms with Crippen molar-refractivity contribution in [2.75, 3.05) is 13.7 Å². The summed E-state index contributed by atoms with van der Waals surface area (Å²) in [6.45, 7) is 6.27. The van der Waals surface area contributed by atoms with Crippen LogP contribution < -0.4 is 4.74 Å². The van der Waals surface area contributed by atoms with E-state index >= 15 is 0 Å². The van der Waals surface area contributed by atoms with Crippen LogP contribution in [0.25, 0.3) is 0 Å². The van der Waals surface area contributed by atoms with Gasteiger partial charge in [0, 0.05) is 31.5 Å². The molecule has 0 aliphatic rings. The summed E-state index contributed by atoms with van der Waals surface area (Å²) in [6.07, 6.45) is 1.80. The first kappa shape index (κ1) is 18.7. The second-order valence-corrected chi connectivity index (χ2v) is 5.94. The quantitative estimate of drug-likeness (QED) is 0.685. The molecular weight excluding hydrogens is 320 g/mol. The summed E-state index contributed by atoms with van der Waals surface area (Å²) in [4.78, 5) is 26.2. The molecule has 0 radical (unpaired) electrons. The van der Waals surface area contributed by atoms with E-state index in [4.69, 9.17) is 9.26 Å². The fraction of sp³-hybridized carbons (Fsp3) is 0.421. The summed E-state index contributed by atoms with van der Waals surface area (Å²) in [5.41, 5.74) is 2.20. The van der Waals surface area contributed by atoms with E-state index < -0.39 is 0 Å². The predicted molar refractivity (Wildman–Crippen MR) is 93.6 cm³/mol. The van der Waals surface area contributed by atoms with Gasteiger partial charge in [0.15, 0.2) is 5.78 Å². The summed E-state index contributed by atoms with van der Waals surface area (Å²) in [5.74, 6) is 0.616. The maximum Gasteiger partial charge on any atom is 0.223 e. The van der Waals surface area contributed by atoms with Crippen LogP contribution in [0.4, 0.5) is 0 Å². The van der Waals surface area contributed by atoms with E-state index in [0.717, 1.165) is 11.3 Å². The van der Waals surface area contributed by atoms with Crippen molar-refractivity contribution in [2.24, 2.45) is 0 Å². The molecule has 1 aromatic heterocycles. The number of ether oxygens (including phenoxy) is 1. The average molecular weight is 344 g/mol. The van der Waals surface area contributed by atoms with Gasteiger partial charge in [-0.25, -0.2) is 0 Å². The van der Waals surface area contributed by atoms with Crippen LogP contribution in [-0.4, -0.2) is 35.4 Å². The number of nitrogens with zero attached hydrogens (tertiary/aromatic N) is 2. The van der Waals surface area contributed by atoms with Crippen LogP contribution in [0.3, 0.4) is 0 Å². The number of benzene rings is 1. The van der Waals surface area contributed by atoms with Crippen LogP contribution >= 0.6 is 0 Å². The van der Waals surface area contributed by atoms with Gasteiger partial charge in [-0.3, -0.25) is 9.59 Å². The molecule has 0 spiro atoms. The third-order valence-corrected chi connectivity index (χ3v) is 4.22. The standard InChI is InChI=1S/C19H24N2O4/c1-5-24-18-8-6-15(12-13(18)2)17(22)7-9-19(23)21(4)14(3)16-10-11-25-20-16/h6,8,10-12,14H,5,7,9H2,1-4H3. The molecule has 0 aliphatic carbocycles. The number of amides is 1. The molecule has 6 nitrogen and oxygen atoms in total. The Morgan fingerprint density at radius 1 is 1.28 bits per heavy atom. The van der Waals surface area contributed by atoms with Crippen LogP contribution in [-0.2, 0) is 4.79 Å². The van der Waals surface area contributed by atoms with Gasteiger partial charge < -0.3 is 14.2 Å². The molecule has 0 aliphatic heterocycles. The number of ketones is 1. The van der Waals surface area contributed by atoms with Crippen molar-refractivity contribution in [3.63, 3.8) is 0 Å². The minimum absolute atomic E-state index is 0.0537. The van der Waals surface area contributed by atoms with Gasteiger partial charge in [0.2, 0.25) is 5.91 Å². The first-order valence-electron chi connectivity index (χ1n) is 8.36. The molecular formula is C19H24N2O4. The van der Waals surface area contributed by atoms with E-state index in [2.05, 4.69) is 5.16 Å². The van der Waals surface area contributed by atoms with Gasteiger partial charge in [-0.2, -0.15) is 0 Å². The van der Waals surface area contributed by atoms with E-state index in [1.54, 1.807) is 36.2 Å². The molecule has 1 atom stereocenters. The zero-order valence-corrected chi connectivity index (χ0v) is 15.1. The summed E-state index contributed by atoms with van der Waals surface area (Å²) < 4.78 is 10.3. The number of hydrogen-bond acceptors (Lipinski definition) is 5. The van der Waals surface area contributed by atoms with E-state index in [1.165, 1.54) is 6.26 Å². The van der Waals surface area contributed by atoms with E-state index in [0.29, 0.717) is 17.9 Å². The second kappa shape index (κ2) is 8.46. The zero-order valence-electron chi connectivity index (χ0n) is 15.1. The van der Waals surface area contributed by atoms with Crippen molar-refractivity contribution in [3.8, 4) is 5.75 Å². The molecule has 0 bridgehead atoms. The molecule has 0 N–H and O–H groups in total. The Kier molecular flexibility index (Phi) is 6.33. The highest BCUT2D eigenvalue weighted by Gasteiger charge is 2.20. The van der Waals surface area contributed by atoms with Crippen molar-refractivity contribution in [3.05, 3.63) is 47.3 Å². The third kappa shape index (κ3) is 4.68. The van der Waals surface area contributed by atoms with Gasteiger partial charge in [-0.1, -0.05) is 5.16 Å². The smallest absolute Gasteiger partial charge is 0.223 e. The molecule has 1 heterocycles. The molecule has 1 amide bonds. The highest BCUT2D eigenvalue weighted by molar-refractivity contribution is 5.98. The van der Waals surface area contributed by atoms with Gasteiger partial charge in [0.25, 0.3) is 0 Å². The minimum atomic E-state index is -0.200. The lowest BCUT2D eigenvalue weighted by Gasteiger charge is -2.23. The Balaban J connectivity index is 1.92. The Bertz CT molecular complexity index is 725. The lowest BCUT2D eigenvalue weighted by molar-refractivity contribution is -0.131. The van der Waals surface area contributed by atoms with Crippen LogP contribution in [0.1, 0.15) is 54.3 Å². The van der Waals surface area contributed by atoms with E-state index in [9.17, 15) is 9.59 Å². The number of aryl methyl sites for hydroxylation is 1. The number of hydrogen-bond donors (Lipinski definition) is 0. The molecule has 1 unspecified atom stereocenters. The minimum Gasteiger partial charge on any atom is -0.494 e. The number of carbonyl (C=O) groups is 2. The highest BCUT2D eigenvalue weighted by atomic mass is 16.5. The Morgan fingerprint density at radius 2 is 2.04 bits per heavy atom. The Morgan fingerprint density at radius 3 is 2.64 bits per heavy atom. The normalized spacial score (nSPS) is 11.8. The zero-order chi connectivity index (χ0) is 18.4. The van der Waals surface area contributed by atoms with Crippen LogP contribution in [0.15, 0.2) is 35.1 Å². The molecule has 6 heteroatoms. The highest BCUT2D eigenvalue weighted by Crippen LogP contribution is 2.21. The first-order chi connectivity index (χ1) is 11.9. The molecule has 0 saturated carbocycles. The topological polar surface area (TPSA) is 72.6 Å². The lowest BCUT2D eigenvalue weighted by Crippen LogP contribution is -2.30. The summed E-state index contributed by atoms with van der Waals surface area (Å²) in [5, 5.41) is 3.85. The average Bonchev–Trinajstić information content (AvgIpc) is 3.14.